The molecule has 0 aliphatic heterocycles. The molecular weight excluding hydrogens is 194 g/mol. The van der Waals surface area contributed by atoms with Gasteiger partial charge >= 0.3 is 0 Å². The van der Waals surface area contributed by atoms with Gasteiger partial charge in [0.05, 0.1) is 11.1 Å². The molecule has 2 nitrogen and oxygen atoms in total. The Bertz CT molecular complexity index is 263. The van der Waals surface area contributed by atoms with E-state index in [-0.39, 0.29) is 0 Å². The van der Waals surface area contributed by atoms with E-state index in [1.807, 2.05) is 11.7 Å². The molecule has 1 aliphatic rings. The third-order valence-electron chi connectivity index (χ3n) is 3.02. The van der Waals surface area contributed by atoms with E-state index in [2.05, 4.69) is 4.98 Å². The predicted octanol–water partition coefficient (Wildman–Crippen LogP) is 2.77. The molecular formula is C11H17NOS. The molecule has 3 heteroatoms. The lowest BCUT2D eigenvalue weighted by atomic mass is 9.90. The summed E-state index contributed by atoms with van der Waals surface area (Å²) >= 11 is 1.65. The molecule has 1 aliphatic carbocycles. The Hall–Kier alpha value is -0.410. The van der Waals surface area contributed by atoms with Gasteiger partial charge in [0.25, 0.3) is 0 Å². The SMILES string of the molecule is OC1(Cc2cncs2)CCCCCC1. The van der Waals surface area contributed by atoms with E-state index in [0.29, 0.717) is 0 Å². The topological polar surface area (TPSA) is 33.1 Å². The Morgan fingerprint density at radius 1 is 1.29 bits per heavy atom. The van der Waals surface area contributed by atoms with E-state index in [4.69, 9.17) is 0 Å². The number of aromatic nitrogens is 1. The number of aliphatic hydroxyl groups is 1. The van der Waals surface area contributed by atoms with Crippen LogP contribution in [0.2, 0.25) is 0 Å². The Balaban J connectivity index is 1.99. The van der Waals surface area contributed by atoms with E-state index < -0.39 is 5.60 Å². The van der Waals surface area contributed by atoms with Crippen LogP contribution in [0, 0.1) is 0 Å². The van der Waals surface area contributed by atoms with Gasteiger partial charge in [-0.05, 0) is 12.8 Å². The van der Waals surface area contributed by atoms with Gasteiger partial charge in [-0.3, -0.25) is 4.98 Å². The summed E-state index contributed by atoms with van der Waals surface area (Å²) in [4.78, 5) is 5.27. The molecule has 0 aromatic carbocycles. The molecule has 0 radical (unpaired) electrons. The minimum absolute atomic E-state index is 0.441. The van der Waals surface area contributed by atoms with Crippen molar-refractivity contribution in [3.8, 4) is 0 Å². The van der Waals surface area contributed by atoms with Crippen LogP contribution in [0.1, 0.15) is 43.4 Å². The van der Waals surface area contributed by atoms with E-state index in [1.165, 1.54) is 30.6 Å². The summed E-state index contributed by atoms with van der Waals surface area (Å²) in [5.41, 5.74) is 1.40. The molecule has 0 atom stereocenters. The molecule has 0 spiro atoms. The molecule has 0 amide bonds. The number of rotatable bonds is 2. The van der Waals surface area contributed by atoms with E-state index >= 15 is 0 Å². The maximum atomic E-state index is 10.4. The van der Waals surface area contributed by atoms with Crippen molar-refractivity contribution in [2.24, 2.45) is 0 Å². The van der Waals surface area contributed by atoms with Gasteiger partial charge in [0.2, 0.25) is 0 Å². The van der Waals surface area contributed by atoms with Crippen molar-refractivity contribution in [3.05, 3.63) is 16.6 Å². The molecule has 0 unspecified atom stereocenters. The highest BCUT2D eigenvalue weighted by molar-refractivity contribution is 7.09. The third-order valence-corrected chi connectivity index (χ3v) is 3.80. The first kappa shape index (κ1) is 10.1. The molecule has 1 aromatic heterocycles. The van der Waals surface area contributed by atoms with Crippen LogP contribution in [0.5, 0.6) is 0 Å². The lowest BCUT2D eigenvalue weighted by Crippen LogP contribution is -2.30. The summed E-state index contributed by atoms with van der Waals surface area (Å²) in [6.07, 6.45) is 9.53. The van der Waals surface area contributed by atoms with Gasteiger partial charge in [0, 0.05) is 17.5 Å². The fraction of sp³-hybridized carbons (Fsp3) is 0.727. The molecule has 0 saturated heterocycles. The summed E-state index contributed by atoms with van der Waals surface area (Å²) < 4.78 is 0. The molecule has 1 fully saturated rings. The number of hydrogen-bond donors (Lipinski definition) is 1. The van der Waals surface area contributed by atoms with Crippen LogP contribution in [-0.4, -0.2) is 15.7 Å². The van der Waals surface area contributed by atoms with Gasteiger partial charge < -0.3 is 5.11 Å². The van der Waals surface area contributed by atoms with Crippen LogP contribution in [-0.2, 0) is 6.42 Å². The fourth-order valence-corrected chi connectivity index (χ4v) is 2.95. The normalized spacial score (nSPS) is 21.8. The van der Waals surface area contributed by atoms with Crippen LogP contribution >= 0.6 is 11.3 Å². The van der Waals surface area contributed by atoms with Gasteiger partial charge in [0.15, 0.2) is 0 Å². The van der Waals surface area contributed by atoms with Crippen molar-refractivity contribution in [3.63, 3.8) is 0 Å². The number of hydrogen-bond acceptors (Lipinski definition) is 3. The summed E-state index contributed by atoms with van der Waals surface area (Å²) in [6, 6.07) is 0. The molecule has 2 rings (SSSR count). The van der Waals surface area contributed by atoms with Crippen LogP contribution in [0.3, 0.4) is 0 Å². The minimum Gasteiger partial charge on any atom is -0.390 e. The highest BCUT2D eigenvalue weighted by atomic mass is 32.1. The molecule has 1 heterocycles. The lowest BCUT2D eigenvalue weighted by Gasteiger charge is -2.25. The summed E-state index contributed by atoms with van der Waals surface area (Å²) in [7, 11) is 0. The first-order chi connectivity index (χ1) is 6.79. The first-order valence-electron chi connectivity index (χ1n) is 5.38. The average Bonchev–Trinajstić information content (AvgIpc) is 2.55. The van der Waals surface area contributed by atoms with Crippen molar-refractivity contribution in [2.75, 3.05) is 0 Å². The van der Waals surface area contributed by atoms with Crippen molar-refractivity contribution < 1.29 is 5.11 Å². The van der Waals surface area contributed by atoms with Crippen molar-refractivity contribution in [1.29, 1.82) is 0 Å². The van der Waals surface area contributed by atoms with Crippen LogP contribution in [0.25, 0.3) is 0 Å². The Morgan fingerprint density at radius 2 is 2.00 bits per heavy atom. The van der Waals surface area contributed by atoms with Crippen molar-refractivity contribution in [1.82, 2.24) is 4.98 Å². The monoisotopic (exact) mass is 211 g/mol. The molecule has 1 N–H and O–H groups in total. The van der Waals surface area contributed by atoms with E-state index in [1.54, 1.807) is 11.3 Å². The van der Waals surface area contributed by atoms with Crippen molar-refractivity contribution >= 4 is 11.3 Å². The van der Waals surface area contributed by atoms with Crippen LogP contribution in [0.15, 0.2) is 11.7 Å². The van der Waals surface area contributed by atoms with Gasteiger partial charge in [-0.1, -0.05) is 25.7 Å². The van der Waals surface area contributed by atoms with Gasteiger partial charge in [-0.25, -0.2) is 0 Å². The zero-order chi connectivity index (χ0) is 9.86. The second-order valence-corrected chi connectivity index (χ2v) is 5.25. The smallest absolute Gasteiger partial charge is 0.0794 e. The number of thiazole rings is 1. The fourth-order valence-electron chi connectivity index (χ4n) is 2.22. The van der Waals surface area contributed by atoms with Crippen LogP contribution < -0.4 is 0 Å². The first-order valence-corrected chi connectivity index (χ1v) is 6.26. The quantitative estimate of drug-likeness (QED) is 0.763. The largest absolute Gasteiger partial charge is 0.390 e. The minimum atomic E-state index is -0.441. The summed E-state index contributed by atoms with van der Waals surface area (Å²) in [5, 5.41) is 10.4. The average molecular weight is 211 g/mol. The maximum Gasteiger partial charge on any atom is 0.0794 e. The molecule has 1 saturated carbocycles. The van der Waals surface area contributed by atoms with Gasteiger partial charge in [-0.2, -0.15) is 0 Å². The van der Waals surface area contributed by atoms with E-state index in [9.17, 15) is 5.11 Å². The maximum absolute atomic E-state index is 10.4. The summed E-state index contributed by atoms with van der Waals surface area (Å²) in [6.45, 7) is 0. The predicted molar refractivity (Wildman–Crippen MR) is 58.5 cm³/mol. The van der Waals surface area contributed by atoms with Gasteiger partial charge in [0.1, 0.15) is 0 Å². The number of nitrogens with zero attached hydrogens (tertiary/aromatic N) is 1. The highest BCUT2D eigenvalue weighted by Gasteiger charge is 2.28. The highest BCUT2D eigenvalue weighted by Crippen LogP contribution is 2.30. The third kappa shape index (κ3) is 2.55. The van der Waals surface area contributed by atoms with Gasteiger partial charge in [-0.15, -0.1) is 11.3 Å². The van der Waals surface area contributed by atoms with Crippen molar-refractivity contribution in [2.45, 2.75) is 50.5 Å². The van der Waals surface area contributed by atoms with Crippen LogP contribution in [0.4, 0.5) is 0 Å². The summed E-state index contributed by atoms with van der Waals surface area (Å²) in [5.74, 6) is 0. The Kier molecular flexibility index (Phi) is 3.19. The molecule has 78 valence electrons. The molecule has 14 heavy (non-hydrogen) atoms. The second kappa shape index (κ2) is 4.41. The Labute approximate surface area is 89.0 Å². The molecule has 0 bridgehead atoms. The van der Waals surface area contributed by atoms with E-state index in [0.717, 1.165) is 19.3 Å². The lowest BCUT2D eigenvalue weighted by molar-refractivity contribution is 0.0260. The molecule has 1 aromatic rings. The zero-order valence-corrected chi connectivity index (χ0v) is 9.22. The Morgan fingerprint density at radius 3 is 2.57 bits per heavy atom. The standard InChI is InChI=1S/C11H17NOS/c13-11(5-3-1-2-4-6-11)7-10-8-12-9-14-10/h8-9,13H,1-7H2. The zero-order valence-electron chi connectivity index (χ0n) is 8.41. The second-order valence-electron chi connectivity index (χ2n) is 4.28.